The summed E-state index contributed by atoms with van der Waals surface area (Å²) in [6.45, 7) is 3.33. The van der Waals surface area contributed by atoms with Gasteiger partial charge >= 0.3 is 5.97 Å². The first kappa shape index (κ1) is 14.4. The van der Waals surface area contributed by atoms with E-state index in [9.17, 15) is 4.79 Å². The van der Waals surface area contributed by atoms with Crippen LogP contribution in [0.4, 0.5) is 11.5 Å². The number of aromatic nitrogens is 1. The van der Waals surface area contributed by atoms with Gasteiger partial charge in [0.2, 0.25) is 5.88 Å². The standard InChI is InChI=1S/C14H21N3O3/c1-2-19-13(18)7-8-16-12-6-5-11(15)14(17-12)20-9-10-3-4-10/h5-6,10H,2-4,7-9,15H2,1H3,(H,16,17). The Morgan fingerprint density at radius 3 is 3.00 bits per heavy atom. The number of hydrogen-bond donors (Lipinski definition) is 2. The number of ether oxygens (including phenoxy) is 2. The van der Waals surface area contributed by atoms with Crippen LogP contribution >= 0.6 is 0 Å². The van der Waals surface area contributed by atoms with Gasteiger partial charge in [-0.05, 0) is 37.8 Å². The van der Waals surface area contributed by atoms with Crippen molar-refractivity contribution in [3.8, 4) is 5.88 Å². The summed E-state index contributed by atoms with van der Waals surface area (Å²) in [5, 5.41) is 3.06. The molecule has 3 N–H and O–H groups in total. The maximum absolute atomic E-state index is 11.2. The highest BCUT2D eigenvalue weighted by molar-refractivity contribution is 5.70. The van der Waals surface area contributed by atoms with Gasteiger partial charge in [-0.25, -0.2) is 0 Å². The third-order valence-corrected chi connectivity index (χ3v) is 2.98. The number of nitrogens with zero attached hydrogens (tertiary/aromatic N) is 1. The molecule has 1 aliphatic rings. The highest BCUT2D eigenvalue weighted by atomic mass is 16.5. The summed E-state index contributed by atoms with van der Waals surface area (Å²) in [5.74, 6) is 1.53. The number of rotatable bonds is 8. The second-order valence-electron chi connectivity index (χ2n) is 4.83. The van der Waals surface area contributed by atoms with Gasteiger partial charge in [-0.1, -0.05) is 0 Å². The molecule has 0 aliphatic heterocycles. The van der Waals surface area contributed by atoms with Crippen molar-refractivity contribution in [2.75, 3.05) is 30.8 Å². The summed E-state index contributed by atoms with van der Waals surface area (Å²) in [6, 6.07) is 3.52. The lowest BCUT2D eigenvalue weighted by Crippen LogP contribution is -2.12. The van der Waals surface area contributed by atoms with Crippen LogP contribution in [-0.4, -0.2) is 30.7 Å². The quantitative estimate of drug-likeness (QED) is 0.706. The molecule has 1 aromatic rings. The van der Waals surface area contributed by atoms with Gasteiger partial charge in [-0.3, -0.25) is 4.79 Å². The Bertz CT molecular complexity index is 461. The molecule has 0 radical (unpaired) electrons. The van der Waals surface area contributed by atoms with Crippen molar-refractivity contribution in [1.29, 1.82) is 0 Å². The number of pyridine rings is 1. The van der Waals surface area contributed by atoms with Gasteiger partial charge in [0.25, 0.3) is 0 Å². The molecule has 0 atom stereocenters. The van der Waals surface area contributed by atoms with Crippen molar-refractivity contribution in [1.82, 2.24) is 4.98 Å². The van der Waals surface area contributed by atoms with Crippen LogP contribution in [0.1, 0.15) is 26.2 Å². The molecule has 0 bridgehead atoms. The molecule has 1 aliphatic carbocycles. The van der Waals surface area contributed by atoms with E-state index in [2.05, 4.69) is 10.3 Å². The highest BCUT2D eigenvalue weighted by Gasteiger charge is 2.22. The normalized spacial score (nSPS) is 13.8. The van der Waals surface area contributed by atoms with Gasteiger partial charge in [-0.15, -0.1) is 0 Å². The molecule has 2 rings (SSSR count). The van der Waals surface area contributed by atoms with E-state index in [1.54, 1.807) is 19.1 Å². The van der Waals surface area contributed by atoms with Crippen molar-refractivity contribution < 1.29 is 14.3 Å². The summed E-state index contributed by atoms with van der Waals surface area (Å²) >= 11 is 0. The molecule has 1 saturated carbocycles. The molecule has 1 fully saturated rings. The Morgan fingerprint density at radius 2 is 2.30 bits per heavy atom. The average Bonchev–Trinajstić information content (AvgIpc) is 3.23. The Labute approximate surface area is 118 Å². The molecule has 0 saturated heterocycles. The van der Waals surface area contributed by atoms with E-state index in [0.717, 1.165) is 0 Å². The van der Waals surface area contributed by atoms with Gasteiger partial charge in [0.15, 0.2) is 0 Å². The topological polar surface area (TPSA) is 86.5 Å². The highest BCUT2D eigenvalue weighted by Crippen LogP contribution is 2.30. The van der Waals surface area contributed by atoms with Crippen LogP contribution in [0.2, 0.25) is 0 Å². The zero-order valence-electron chi connectivity index (χ0n) is 11.7. The number of anilines is 2. The predicted molar refractivity (Wildman–Crippen MR) is 76.6 cm³/mol. The predicted octanol–water partition coefficient (Wildman–Crippen LogP) is 1.82. The van der Waals surface area contributed by atoms with Crippen LogP contribution in [0.15, 0.2) is 12.1 Å². The van der Waals surface area contributed by atoms with E-state index in [1.165, 1.54) is 12.8 Å². The van der Waals surface area contributed by atoms with Crippen molar-refractivity contribution in [2.45, 2.75) is 26.2 Å². The minimum atomic E-state index is -0.222. The van der Waals surface area contributed by atoms with Crippen molar-refractivity contribution in [3.63, 3.8) is 0 Å². The van der Waals surface area contributed by atoms with E-state index in [1.807, 2.05) is 0 Å². The minimum Gasteiger partial charge on any atom is -0.476 e. The molecule has 6 heteroatoms. The average molecular weight is 279 g/mol. The number of nitrogen functional groups attached to an aromatic ring is 1. The fourth-order valence-corrected chi connectivity index (χ4v) is 1.67. The lowest BCUT2D eigenvalue weighted by Gasteiger charge is -2.10. The molecule has 1 heterocycles. The molecule has 0 spiro atoms. The van der Waals surface area contributed by atoms with Crippen molar-refractivity contribution >= 4 is 17.5 Å². The third-order valence-electron chi connectivity index (χ3n) is 2.98. The van der Waals surface area contributed by atoms with Crippen LogP contribution in [0.3, 0.4) is 0 Å². The maximum Gasteiger partial charge on any atom is 0.307 e. The number of nitrogens with one attached hydrogen (secondary N) is 1. The van der Waals surface area contributed by atoms with Crippen LogP contribution < -0.4 is 15.8 Å². The summed E-state index contributed by atoms with van der Waals surface area (Å²) in [4.78, 5) is 15.5. The molecule has 1 aromatic heterocycles. The molecule has 0 amide bonds. The first-order chi connectivity index (χ1) is 9.69. The number of esters is 1. The smallest absolute Gasteiger partial charge is 0.307 e. The van der Waals surface area contributed by atoms with E-state index >= 15 is 0 Å². The van der Waals surface area contributed by atoms with E-state index in [4.69, 9.17) is 15.2 Å². The number of hydrogen-bond acceptors (Lipinski definition) is 6. The summed E-state index contributed by atoms with van der Waals surface area (Å²) in [5.41, 5.74) is 6.35. The zero-order chi connectivity index (χ0) is 14.4. The SMILES string of the molecule is CCOC(=O)CCNc1ccc(N)c(OCC2CC2)n1. The summed E-state index contributed by atoms with van der Waals surface area (Å²) in [7, 11) is 0. The van der Waals surface area contributed by atoms with Crippen LogP contribution in [0.25, 0.3) is 0 Å². The number of nitrogens with two attached hydrogens (primary N) is 1. The van der Waals surface area contributed by atoms with Gasteiger partial charge < -0.3 is 20.5 Å². The first-order valence-electron chi connectivity index (χ1n) is 6.98. The molecular weight excluding hydrogens is 258 g/mol. The number of carbonyl (C=O) groups excluding carboxylic acids is 1. The van der Waals surface area contributed by atoms with Crippen LogP contribution in [0.5, 0.6) is 5.88 Å². The number of carbonyl (C=O) groups is 1. The van der Waals surface area contributed by atoms with Crippen LogP contribution in [-0.2, 0) is 9.53 Å². The lowest BCUT2D eigenvalue weighted by atomic mass is 10.3. The second-order valence-corrected chi connectivity index (χ2v) is 4.83. The second kappa shape index (κ2) is 6.98. The first-order valence-corrected chi connectivity index (χ1v) is 6.98. The molecule has 0 aromatic carbocycles. The van der Waals surface area contributed by atoms with Gasteiger partial charge in [0.05, 0.1) is 25.3 Å². The molecular formula is C14H21N3O3. The van der Waals surface area contributed by atoms with Crippen LogP contribution in [0, 0.1) is 5.92 Å². The minimum absolute atomic E-state index is 0.222. The summed E-state index contributed by atoms with van der Waals surface area (Å²) in [6.07, 6.45) is 2.74. The summed E-state index contributed by atoms with van der Waals surface area (Å²) < 4.78 is 10.5. The maximum atomic E-state index is 11.2. The van der Waals surface area contributed by atoms with E-state index < -0.39 is 0 Å². The Kier molecular flexibility index (Phi) is 5.03. The van der Waals surface area contributed by atoms with Gasteiger partial charge in [-0.2, -0.15) is 4.98 Å². The van der Waals surface area contributed by atoms with Crippen molar-refractivity contribution in [2.24, 2.45) is 5.92 Å². The molecule has 6 nitrogen and oxygen atoms in total. The Balaban J connectivity index is 1.81. The Morgan fingerprint density at radius 1 is 1.50 bits per heavy atom. The van der Waals surface area contributed by atoms with Crippen molar-refractivity contribution in [3.05, 3.63) is 12.1 Å². The lowest BCUT2D eigenvalue weighted by molar-refractivity contribution is -0.142. The fraction of sp³-hybridized carbons (Fsp3) is 0.571. The zero-order valence-corrected chi connectivity index (χ0v) is 11.7. The van der Waals surface area contributed by atoms with E-state index in [0.29, 0.717) is 49.5 Å². The van der Waals surface area contributed by atoms with Gasteiger partial charge in [0.1, 0.15) is 5.82 Å². The van der Waals surface area contributed by atoms with E-state index in [-0.39, 0.29) is 5.97 Å². The molecule has 0 unspecified atom stereocenters. The van der Waals surface area contributed by atoms with Gasteiger partial charge in [0, 0.05) is 6.54 Å². The largest absolute Gasteiger partial charge is 0.476 e. The Hall–Kier alpha value is -1.98. The molecule has 20 heavy (non-hydrogen) atoms. The molecule has 110 valence electrons. The monoisotopic (exact) mass is 279 g/mol. The third kappa shape index (κ3) is 4.60. The fourth-order valence-electron chi connectivity index (χ4n) is 1.67.